The molecule has 1 aromatic rings. The molecule has 262 valence electrons. The van der Waals surface area contributed by atoms with Crippen molar-refractivity contribution in [3.05, 3.63) is 36.1 Å². The van der Waals surface area contributed by atoms with E-state index < -0.39 is 123 Å². The average Bonchev–Trinajstić information content (AvgIpc) is 3.75. The van der Waals surface area contributed by atoms with Crippen LogP contribution in [0.2, 0.25) is 0 Å². The van der Waals surface area contributed by atoms with Gasteiger partial charge in [-0.1, -0.05) is 0 Å². The first-order chi connectivity index (χ1) is 22.4. The van der Waals surface area contributed by atoms with Gasteiger partial charge in [0.2, 0.25) is 6.29 Å². The lowest BCUT2D eigenvalue weighted by molar-refractivity contribution is -0.355. The molecule has 47 heavy (non-hydrogen) atoms. The first kappa shape index (κ1) is 34.2. The van der Waals surface area contributed by atoms with Gasteiger partial charge in [-0.25, -0.2) is 4.79 Å². The molecule has 0 radical (unpaired) electrons. The van der Waals surface area contributed by atoms with Gasteiger partial charge in [0.15, 0.2) is 24.1 Å². The van der Waals surface area contributed by atoms with E-state index in [1.54, 1.807) is 6.08 Å². The predicted molar refractivity (Wildman–Crippen MR) is 147 cm³/mol. The molecule has 4 fully saturated rings. The number of aliphatic hydroxyl groups excluding tert-OH is 8. The molecular weight excluding hydrogens is 636 g/mol. The lowest BCUT2D eigenvalue weighted by Gasteiger charge is -2.44. The summed E-state index contributed by atoms with van der Waals surface area (Å²) >= 11 is 0. The van der Waals surface area contributed by atoms with Crippen molar-refractivity contribution >= 4 is 5.97 Å². The Morgan fingerprint density at radius 2 is 1.57 bits per heavy atom. The molecule has 0 unspecified atom stereocenters. The summed E-state index contributed by atoms with van der Waals surface area (Å²) in [7, 11) is 1.33. The molecule has 9 N–H and O–H groups in total. The summed E-state index contributed by atoms with van der Waals surface area (Å²) in [5, 5.41) is 91.8. The van der Waals surface area contributed by atoms with E-state index in [1.807, 2.05) is 0 Å². The van der Waals surface area contributed by atoms with Crippen LogP contribution in [0.4, 0.5) is 0 Å². The topological polar surface area (TPSA) is 276 Å². The molecule has 0 spiro atoms. The first-order valence-electron chi connectivity index (χ1n) is 14.9. The van der Waals surface area contributed by atoms with Gasteiger partial charge in [-0.05, 0) is 24.3 Å². The third kappa shape index (κ3) is 5.97. The number of aliphatic hydroxyl groups is 8. The maximum Gasteiger partial charge on any atom is 0.338 e. The van der Waals surface area contributed by atoms with Crippen molar-refractivity contribution in [3.8, 4) is 11.5 Å². The number of esters is 1. The van der Waals surface area contributed by atoms with Crippen LogP contribution in [-0.4, -0.2) is 164 Å². The number of carbonyl (C=O) groups is 1. The molecule has 1 saturated carbocycles. The largest absolute Gasteiger partial charge is 0.504 e. The molecular formula is C29H38O18. The van der Waals surface area contributed by atoms with E-state index in [4.69, 9.17) is 37.9 Å². The fraction of sp³-hybridized carbons (Fsp3) is 0.690. The molecule has 0 bridgehead atoms. The highest BCUT2D eigenvalue weighted by Gasteiger charge is 2.77. The SMILES string of the molecule is COc1cc(C(=O)O[C@H]2[C@@H]3C=CO[C@@H](O[C@@H]4O[C@H](CO[C@@H]5O[C@H](CO)[C@@H](O)[C@H](O)[C@H]5O)[C@@H](O)[C@H](O)[C@H]4O)[C@@H]3[C@@]3(CO)O[C@@H]23)ccc1O. The average molecular weight is 675 g/mol. The summed E-state index contributed by atoms with van der Waals surface area (Å²) in [4.78, 5) is 13.1. The highest BCUT2D eigenvalue weighted by Crippen LogP contribution is 2.60. The van der Waals surface area contributed by atoms with Gasteiger partial charge in [0.05, 0.1) is 44.7 Å². The number of epoxide rings is 1. The standard InChI is InChI=1S/C29H38O18/c1-40-13-6-10(2-3-12(13)32)25(39)45-23-11-4-5-41-26(16(11)29(9-31)24(23)47-29)46-28-22(38)20(36)18(34)15(44-28)8-42-27-21(37)19(35)17(33)14(7-30)43-27/h2-6,11,14-24,26-28,30-38H,7-9H2,1H3/t11-,14-,15-,16-,17-,18-,19+,20+,21-,22-,23+,24+,26+,27-,28+,29-/m1/s1. The zero-order valence-corrected chi connectivity index (χ0v) is 24.9. The number of ether oxygens (including phenoxy) is 8. The fourth-order valence-electron chi connectivity index (χ4n) is 6.67. The molecule has 3 saturated heterocycles. The highest BCUT2D eigenvalue weighted by atomic mass is 16.8. The van der Waals surface area contributed by atoms with Crippen LogP contribution in [-0.2, 0) is 33.2 Å². The van der Waals surface area contributed by atoms with Gasteiger partial charge < -0.3 is 83.9 Å². The monoisotopic (exact) mass is 674 g/mol. The third-order valence-electron chi connectivity index (χ3n) is 9.35. The fourth-order valence-corrected chi connectivity index (χ4v) is 6.67. The number of rotatable bonds is 10. The van der Waals surface area contributed by atoms with E-state index in [-0.39, 0.29) is 17.1 Å². The quantitative estimate of drug-likeness (QED) is 0.0841. The van der Waals surface area contributed by atoms with Gasteiger partial charge in [-0.2, -0.15) is 0 Å². The second kappa shape index (κ2) is 13.3. The van der Waals surface area contributed by atoms with Crippen LogP contribution in [0.15, 0.2) is 30.5 Å². The van der Waals surface area contributed by atoms with Crippen LogP contribution >= 0.6 is 0 Å². The van der Waals surface area contributed by atoms with E-state index in [0.29, 0.717) is 0 Å². The molecule has 4 aliphatic heterocycles. The van der Waals surface area contributed by atoms with Crippen molar-refractivity contribution in [2.45, 2.75) is 85.5 Å². The van der Waals surface area contributed by atoms with Gasteiger partial charge in [0.25, 0.3) is 0 Å². The highest BCUT2D eigenvalue weighted by molar-refractivity contribution is 5.90. The number of aromatic hydroxyl groups is 1. The number of hydrogen-bond acceptors (Lipinski definition) is 18. The van der Waals surface area contributed by atoms with Crippen molar-refractivity contribution in [2.75, 3.05) is 26.9 Å². The van der Waals surface area contributed by atoms with Crippen LogP contribution < -0.4 is 4.74 Å². The van der Waals surface area contributed by atoms with Crippen molar-refractivity contribution in [3.63, 3.8) is 0 Å². The zero-order chi connectivity index (χ0) is 33.8. The van der Waals surface area contributed by atoms with E-state index in [1.165, 1.54) is 31.6 Å². The lowest BCUT2D eigenvalue weighted by atomic mass is 9.85. The predicted octanol–water partition coefficient (Wildman–Crippen LogP) is -4.19. The smallest absolute Gasteiger partial charge is 0.338 e. The van der Waals surface area contributed by atoms with Crippen molar-refractivity contribution < 1.29 is 88.6 Å². The van der Waals surface area contributed by atoms with Crippen LogP contribution in [0.3, 0.4) is 0 Å². The second-order valence-electron chi connectivity index (χ2n) is 12.0. The molecule has 4 heterocycles. The number of fused-ring (bicyclic) bond motifs is 3. The Balaban J connectivity index is 1.14. The van der Waals surface area contributed by atoms with Gasteiger partial charge in [0, 0.05) is 5.92 Å². The number of benzene rings is 1. The minimum atomic E-state index is -1.82. The van der Waals surface area contributed by atoms with Crippen molar-refractivity contribution in [1.82, 2.24) is 0 Å². The van der Waals surface area contributed by atoms with Gasteiger partial charge >= 0.3 is 5.97 Å². The molecule has 0 amide bonds. The molecule has 18 heteroatoms. The molecule has 5 aliphatic rings. The van der Waals surface area contributed by atoms with Crippen molar-refractivity contribution in [2.24, 2.45) is 11.8 Å². The Morgan fingerprint density at radius 1 is 0.894 bits per heavy atom. The van der Waals surface area contributed by atoms with E-state index in [9.17, 15) is 50.8 Å². The van der Waals surface area contributed by atoms with Crippen LogP contribution in [0.1, 0.15) is 10.4 Å². The minimum Gasteiger partial charge on any atom is -0.504 e. The number of phenols is 1. The Bertz CT molecular complexity index is 1310. The molecule has 18 nitrogen and oxygen atoms in total. The van der Waals surface area contributed by atoms with Gasteiger partial charge in [-0.3, -0.25) is 0 Å². The van der Waals surface area contributed by atoms with E-state index >= 15 is 0 Å². The van der Waals surface area contributed by atoms with Crippen LogP contribution in [0.25, 0.3) is 0 Å². The zero-order valence-electron chi connectivity index (χ0n) is 24.9. The Labute approximate surface area is 266 Å². The summed E-state index contributed by atoms with van der Waals surface area (Å²) in [5.41, 5.74) is -1.17. The van der Waals surface area contributed by atoms with Crippen molar-refractivity contribution in [1.29, 1.82) is 0 Å². The van der Waals surface area contributed by atoms with E-state index in [0.717, 1.165) is 0 Å². The molecule has 16 atom stereocenters. The first-order valence-corrected chi connectivity index (χ1v) is 14.9. The Kier molecular flexibility index (Phi) is 9.68. The van der Waals surface area contributed by atoms with Crippen LogP contribution in [0.5, 0.6) is 11.5 Å². The Morgan fingerprint density at radius 3 is 2.26 bits per heavy atom. The van der Waals surface area contributed by atoms with E-state index in [2.05, 4.69) is 0 Å². The summed E-state index contributed by atoms with van der Waals surface area (Å²) in [6.07, 6.45) is -16.3. The third-order valence-corrected chi connectivity index (χ3v) is 9.35. The summed E-state index contributed by atoms with van der Waals surface area (Å²) in [5.74, 6) is -2.28. The maximum atomic E-state index is 13.1. The lowest BCUT2D eigenvalue weighted by Crippen LogP contribution is -2.62. The molecule has 1 aliphatic carbocycles. The number of hydrogen-bond donors (Lipinski definition) is 9. The second-order valence-corrected chi connectivity index (χ2v) is 12.0. The molecule has 1 aromatic carbocycles. The number of methoxy groups -OCH3 is 1. The summed E-state index contributed by atoms with van der Waals surface area (Å²) < 4.78 is 44.8. The molecule has 6 rings (SSSR count). The summed E-state index contributed by atoms with van der Waals surface area (Å²) in [6.45, 7) is -1.78. The number of phenolic OH excluding ortho intramolecular Hbond substituents is 1. The van der Waals surface area contributed by atoms with Gasteiger partial charge in [0.1, 0.15) is 66.6 Å². The Hall–Kier alpha value is -2.69. The maximum absolute atomic E-state index is 13.1. The minimum absolute atomic E-state index is 0.0609. The molecule has 0 aromatic heterocycles. The number of carbonyl (C=O) groups excluding carboxylic acids is 1. The summed E-state index contributed by atoms with van der Waals surface area (Å²) in [6, 6.07) is 3.94. The van der Waals surface area contributed by atoms with Crippen LogP contribution in [0, 0.1) is 11.8 Å². The van der Waals surface area contributed by atoms with Gasteiger partial charge in [-0.15, -0.1) is 0 Å². The normalized spacial score (nSPS) is 45.4.